The molecule has 19 heavy (non-hydrogen) atoms. The van der Waals surface area contributed by atoms with E-state index in [0.717, 1.165) is 12.8 Å². The zero-order chi connectivity index (χ0) is 14.3. The Labute approximate surface area is 116 Å². The molecule has 1 fully saturated rings. The van der Waals surface area contributed by atoms with Crippen molar-refractivity contribution in [1.29, 1.82) is 0 Å². The lowest BCUT2D eigenvalue weighted by Gasteiger charge is -2.15. The van der Waals surface area contributed by atoms with Crippen molar-refractivity contribution in [3.8, 4) is 0 Å². The molecule has 0 amide bonds. The van der Waals surface area contributed by atoms with Crippen molar-refractivity contribution < 1.29 is 18.3 Å². The highest BCUT2D eigenvalue weighted by Gasteiger charge is 2.27. The van der Waals surface area contributed by atoms with Crippen LogP contribution in [0.15, 0.2) is 0 Å². The minimum Gasteiger partial charge on any atom is -0.389 e. The van der Waals surface area contributed by atoms with E-state index in [1.165, 1.54) is 0 Å². The maximum Gasteiger partial charge on any atom is 0.151 e. The van der Waals surface area contributed by atoms with E-state index in [2.05, 4.69) is 19.2 Å². The number of hydrogen-bond acceptors (Lipinski definition) is 5. The highest BCUT2D eigenvalue weighted by molar-refractivity contribution is 7.91. The van der Waals surface area contributed by atoms with Gasteiger partial charge in [-0.3, -0.25) is 0 Å². The van der Waals surface area contributed by atoms with Crippen LogP contribution in [0.3, 0.4) is 0 Å². The Morgan fingerprint density at radius 3 is 2.74 bits per heavy atom. The van der Waals surface area contributed by atoms with E-state index >= 15 is 0 Å². The number of ether oxygens (including phenoxy) is 1. The summed E-state index contributed by atoms with van der Waals surface area (Å²) in [6.07, 6.45) is 2.22. The summed E-state index contributed by atoms with van der Waals surface area (Å²) in [6.45, 7) is 5.73. The van der Waals surface area contributed by atoms with Crippen LogP contribution in [0.1, 0.15) is 33.1 Å². The van der Waals surface area contributed by atoms with Gasteiger partial charge in [-0.25, -0.2) is 8.42 Å². The topological polar surface area (TPSA) is 75.6 Å². The van der Waals surface area contributed by atoms with Gasteiger partial charge < -0.3 is 15.2 Å². The molecule has 0 aromatic carbocycles. The van der Waals surface area contributed by atoms with Gasteiger partial charge in [0, 0.05) is 19.2 Å². The second-order valence-electron chi connectivity index (χ2n) is 5.77. The van der Waals surface area contributed by atoms with Gasteiger partial charge in [-0.05, 0) is 25.2 Å². The minimum atomic E-state index is -2.85. The van der Waals surface area contributed by atoms with Crippen LogP contribution in [-0.2, 0) is 14.6 Å². The molecule has 1 saturated heterocycles. The quantitative estimate of drug-likeness (QED) is 0.608. The van der Waals surface area contributed by atoms with E-state index in [1.807, 2.05) is 0 Å². The van der Waals surface area contributed by atoms with E-state index in [1.54, 1.807) is 0 Å². The summed E-state index contributed by atoms with van der Waals surface area (Å²) in [6, 6.07) is -0.0133. The Morgan fingerprint density at radius 2 is 2.16 bits per heavy atom. The molecule has 2 N–H and O–H groups in total. The van der Waals surface area contributed by atoms with E-state index in [-0.39, 0.29) is 17.5 Å². The summed E-state index contributed by atoms with van der Waals surface area (Å²) < 4.78 is 27.9. The molecule has 1 rings (SSSR count). The van der Waals surface area contributed by atoms with Crippen molar-refractivity contribution in [1.82, 2.24) is 5.32 Å². The number of hydrogen-bond donors (Lipinski definition) is 2. The normalized spacial score (nSPS) is 23.9. The van der Waals surface area contributed by atoms with Crippen molar-refractivity contribution >= 4 is 9.84 Å². The third-order valence-electron chi connectivity index (χ3n) is 3.25. The van der Waals surface area contributed by atoms with Crippen LogP contribution in [0, 0.1) is 5.92 Å². The average molecular weight is 293 g/mol. The van der Waals surface area contributed by atoms with Gasteiger partial charge in [-0.15, -0.1) is 0 Å². The van der Waals surface area contributed by atoms with E-state index in [9.17, 15) is 13.5 Å². The summed E-state index contributed by atoms with van der Waals surface area (Å²) in [7, 11) is -2.85. The molecular formula is C13H27NO4S. The lowest BCUT2D eigenvalue weighted by molar-refractivity contribution is 0.0338. The number of aliphatic hydroxyl groups excluding tert-OH is 1. The fourth-order valence-electron chi connectivity index (χ4n) is 2.13. The van der Waals surface area contributed by atoms with Crippen LogP contribution in [-0.4, -0.2) is 56.9 Å². The highest BCUT2D eigenvalue weighted by atomic mass is 32.2. The van der Waals surface area contributed by atoms with Crippen molar-refractivity contribution in [2.24, 2.45) is 5.92 Å². The summed E-state index contributed by atoms with van der Waals surface area (Å²) in [5, 5.41) is 12.8. The van der Waals surface area contributed by atoms with Crippen LogP contribution in [0.4, 0.5) is 0 Å². The summed E-state index contributed by atoms with van der Waals surface area (Å²) in [5.41, 5.74) is 0. The SMILES string of the molecule is CC(C)CCCOCC(O)CNC1CCS(=O)(=O)C1. The Morgan fingerprint density at radius 1 is 1.42 bits per heavy atom. The van der Waals surface area contributed by atoms with Crippen LogP contribution < -0.4 is 5.32 Å². The van der Waals surface area contributed by atoms with Gasteiger partial charge in [-0.2, -0.15) is 0 Å². The Bertz CT molecular complexity index is 343. The lowest BCUT2D eigenvalue weighted by atomic mass is 10.1. The Kier molecular flexibility index (Phi) is 7.28. The summed E-state index contributed by atoms with van der Waals surface area (Å²) in [5.74, 6) is 1.13. The van der Waals surface area contributed by atoms with Crippen LogP contribution >= 0.6 is 0 Å². The van der Waals surface area contributed by atoms with Crippen LogP contribution in [0.5, 0.6) is 0 Å². The van der Waals surface area contributed by atoms with Crippen molar-refractivity contribution in [2.45, 2.75) is 45.3 Å². The summed E-state index contributed by atoms with van der Waals surface area (Å²) in [4.78, 5) is 0. The molecule has 1 heterocycles. The first-order chi connectivity index (χ1) is 8.89. The van der Waals surface area contributed by atoms with Gasteiger partial charge in [0.1, 0.15) is 0 Å². The zero-order valence-electron chi connectivity index (χ0n) is 12.0. The molecule has 0 saturated carbocycles. The van der Waals surface area contributed by atoms with E-state index in [4.69, 9.17) is 4.74 Å². The molecule has 0 aromatic rings. The molecule has 1 aliphatic heterocycles. The monoisotopic (exact) mass is 293 g/mol. The van der Waals surface area contributed by atoms with Gasteiger partial charge in [0.2, 0.25) is 0 Å². The Balaban J connectivity index is 2.01. The molecule has 0 spiro atoms. The third kappa shape index (κ3) is 7.87. The molecule has 0 aliphatic carbocycles. The second kappa shape index (κ2) is 8.19. The predicted octanol–water partition coefficient (Wildman–Crippen LogP) is 0.577. The lowest BCUT2D eigenvalue weighted by Crippen LogP contribution is -2.38. The van der Waals surface area contributed by atoms with Crippen molar-refractivity contribution in [3.05, 3.63) is 0 Å². The van der Waals surface area contributed by atoms with Gasteiger partial charge in [0.25, 0.3) is 0 Å². The number of rotatable bonds is 9. The molecular weight excluding hydrogens is 266 g/mol. The zero-order valence-corrected chi connectivity index (χ0v) is 12.8. The maximum atomic E-state index is 11.3. The first kappa shape index (κ1) is 16.9. The predicted molar refractivity (Wildman–Crippen MR) is 76.0 cm³/mol. The molecule has 0 bridgehead atoms. The fourth-order valence-corrected chi connectivity index (χ4v) is 3.84. The first-order valence-electron chi connectivity index (χ1n) is 7.08. The standard InChI is InChI=1S/C13H27NO4S/c1-11(2)4-3-6-18-9-13(15)8-14-12-5-7-19(16,17)10-12/h11-15H,3-10H2,1-2H3. The van der Waals surface area contributed by atoms with Crippen LogP contribution in [0.25, 0.3) is 0 Å². The smallest absolute Gasteiger partial charge is 0.151 e. The molecule has 6 heteroatoms. The number of aliphatic hydroxyl groups is 1. The molecule has 2 atom stereocenters. The van der Waals surface area contributed by atoms with E-state index in [0.29, 0.717) is 32.1 Å². The minimum absolute atomic E-state index is 0.0133. The molecule has 2 unspecified atom stereocenters. The van der Waals surface area contributed by atoms with Crippen molar-refractivity contribution in [3.63, 3.8) is 0 Å². The third-order valence-corrected chi connectivity index (χ3v) is 5.02. The molecule has 114 valence electrons. The fraction of sp³-hybridized carbons (Fsp3) is 1.00. The van der Waals surface area contributed by atoms with Gasteiger partial charge in [0.05, 0.1) is 24.2 Å². The molecule has 0 aromatic heterocycles. The molecule has 5 nitrogen and oxygen atoms in total. The molecule has 0 radical (unpaired) electrons. The van der Waals surface area contributed by atoms with Gasteiger partial charge in [0.15, 0.2) is 9.84 Å². The van der Waals surface area contributed by atoms with Gasteiger partial charge >= 0.3 is 0 Å². The first-order valence-corrected chi connectivity index (χ1v) is 8.91. The van der Waals surface area contributed by atoms with Gasteiger partial charge in [-0.1, -0.05) is 13.8 Å². The summed E-state index contributed by atoms with van der Waals surface area (Å²) >= 11 is 0. The number of sulfone groups is 1. The highest BCUT2D eigenvalue weighted by Crippen LogP contribution is 2.11. The van der Waals surface area contributed by atoms with Crippen molar-refractivity contribution in [2.75, 3.05) is 31.3 Å². The van der Waals surface area contributed by atoms with E-state index < -0.39 is 15.9 Å². The number of nitrogens with one attached hydrogen (secondary N) is 1. The molecule has 1 aliphatic rings. The average Bonchev–Trinajstić information content (AvgIpc) is 2.65. The van der Waals surface area contributed by atoms with Crippen LogP contribution in [0.2, 0.25) is 0 Å². The second-order valence-corrected chi connectivity index (χ2v) is 8.00. The Hall–Kier alpha value is -0.170. The maximum absolute atomic E-state index is 11.3. The largest absolute Gasteiger partial charge is 0.389 e.